The summed E-state index contributed by atoms with van der Waals surface area (Å²) < 4.78 is 5.80. The number of nitrogens with one attached hydrogen (secondary N) is 2. The molecular formula is C18H18Cl2N4O3. The van der Waals surface area contributed by atoms with Crippen molar-refractivity contribution in [3.63, 3.8) is 0 Å². The Morgan fingerprint density at radius 3 is 2.96 bits per heavy atom. The second-order valence-corrected chi connectivity index (χ2v) is 7.32. The first kappa shape index (κ1) is 18.3. The molecule has 142 valence electrons. The highest BCUT2D eigenvalue weighted by molar-refractivity contribution is 6.47. The molecule has 3 heterocycles. The number of hydrogen-bond donors (Lipinski definition) is 3. The predicted molar refractivity (Wildman–Crippen MR) is 106 cm³/mol. The fourth-order valence-corrected chi connectivity index (χ4v) is 3.88. The molecule has 2 aliphatic rings. The van der Waals surface area contributed by atoms with Gasteiger partial charge in [0.1, 0.15) is 0 Å². The fourth-order valence-electron chi connectivity index (χ4n) is 3.51. The van der Waals surface area contributed by atoms with E-state index < -0.39 is 6.09 Å². The minimum atomic E-state index is -1.11. The van der Waals surface area contributed by atoms with E-state index in [1.54, 1.807) is 12.3 Å². The van der Waals surface area contributed by atoms with Crippen molar-refractivity contribution in [1.82, 2.24) is 10.3 Å². The molecular weight excluding hydrogens is 391 g/mol. The summed E-state index contributed by atoms with van der Waals surface area (Å²) in [7, 11) is 0. The number of aliphatic imine (C=N–C) groups is 2. The van der Waals surface area contributed by atoms with Crippen LogP contribution in [0.15, 0.2) is 22.1 Å². The van der Waals surface area contributed by atoms with E-state index in [2.05, 4.69) is 15.3 Å². The molecule has 1 amide bonds. The van der Waals surface area contributed by atoms with Crippen molar-refractivity contribution in [1.29, 1.82) is 0 Å². The third kappa shape index (κ3) is 3.54. The number of ether oxygens (including phenoxy) is 1. The van der Waals surface area contributed by atoms with Gasteiger partial charge < -0.3 is 20.1 Å². The molecule has 1 saturated heterocycles. The van der Waals surface area contributed by atoms with Gasteiger partial charge in [0.05, 0.1) is 40.1 Å². The summed E-state index contributed by atoms with van der Waals surface area (Å²) in [6, 6.07) is 3.56. The van der Waals surface area contributed by atoms with Crippen molar-refractivity contribution in [3.8, 4) is 0 Å². The molecule has 0 radical (unpaired) electrons. The van der Waals surface area contributed by atoms with Crippen LogP contribution < -0.4 is 5.32 Å². The van der Waals surface area contributed by atoms with Gasteiger partial charge in [0, 0.05) is 23.3 Å². The van der Waals surface area contributed by atoms with Crippen LogP contribution in [0.3, 0.4) is 0 Å². The molecule has 0 aliphatic carbocycles. The average Bonchev–Trinajstić information content (AvgIpc) is 3.28. The zero-order valence-electron chi connectivity index (χ0n) is 14.3. The molecule has 0 bridgehead atoms. The number of aromatic amines is 1. The molecule has 0 spiro atoms. The monoisotopic (exact) mass is 408 g/mol. The topological polar surface area (TPSA) is 99.1 Å². The molecule has 2 atom stereocenters. The summed E-state index contributed by atoms with van der Waals surface area (Å²) in [5.41, 5.74) is 2.77. The predicted octanol–water partition coefficient (Wildman–Crippen LogP) is 4.01. The van der Waals surface area contributed by atoms with Crippen LogP contribution in [0, 0.1) is 0 Å². The summed E-state index contributed by atoms with van der Waals surface area (Å²) in [6.07, 6.45) is 3.43. The van der Waals surface area contributed by atoms with E-state index in [4.69, 9.17) is 38.0 Å². The number of H-pyrrole nitrogens is 1. The molecule has 27 heavy (non-hydrogen) atoms. The maximum atomic E-state index is 11.0. The van der Waals surface area contributed by atoms with Crippen LogP contribution in [-0.2, 0) is 11.3 Å². The Morgan fingerprint density at radius 1 is 1.37 bits per heavy atom. The molecule has 2 unspecified atom stereocenters. The Labute approximate surface area is 165 Å². The number of carboxylic acid groups (broad SMARTS) is 1. The number of fused-ring (bicyclic) bond motifs is 1. The molecule has 3 N–H and O–H groups in total. The third-order valence-corrected chi connectivity index (χ3v) is 5.59. The quantitative estimate of drug-likeness (QED) is 0.712. The lowest BCUT2D eigenvalue weighted by molar-refractivity contribution is 0.00340. The van der Waals surface area contributed by atoms with Crippen molar-refractivity contribution >= 4 is 52.1 Å². The van der Waals surface area contributed by atoms with Crippen LogP contribution >= 0.6 is 23.2 Å². The lowest BCUT2D eigenvalue weighted by atomic mass is 10.1. The van der Waals surface area contributed by atoms with E-state index in [0.29, 0.717) is 27.0 Å². The number of halogens is 2. The number of aromatic nitrogens is 1. The largest absolute Gasteiger partial charge is 0.465 e. The molecule has 9 heteroatoms. The van der Waals surface area contributed by atoms with Gasteiger partial charge in [0.15, 0.2) is 6.17 Å². The van der Waals surface area contributed by atoms with Gasteiger partial charge in [-0.3, -0.25) is 9.98 Å². The summed E-state index contributed by atoms with van der Waals surface area (Å²) >= 11 is 12.5. The van der Waals surface area contributed by atoms with Crippen molar-refractivity contribution in [2.75, 3.05) is 6.61 Å². The van der Waals surface area contributed by atoms with Gasteiger partial charge in [-0.25, -0.2) is 4.79 Å². The Kier molecular flexibility index (Phi) is 5.08. The summed E-state index contributed by atoms with van der Waals surface area (Å²) in [4.78, 5) is 23.4. The molecule has 0 saturated carbocycles. The average molecular weight is 409 g/mol. The lowest BCUT2D eigenvalue weighted by Gasteiger charge is -2.24. The van der Waals surface area contributed by atoms with Crippen LogP contribution in [0.1, 0.15) is 30.5 Å². The summed E-state index contributed by atoms with van der Waals surface area (Å²) in [5.74, 6) is 0. The molecule has 7 nitrogen and oxygen atoms in total. The Balaban J connectivity index is 1.75. The molecule has 2 aliphatic heterocycles. The maximum Gasteiger partial charge on any atom is 0.404 e. The van der Waals surface area contributed by atoms with Crippen LogP contribution in [0.4, 0.5) is 4.79 Å². The number of amides is 1. The first-order valence-corrected chi connectivity index (χ1v) is 9.48. The number of benzene rings is 1. The highest BCUT2D eigenvalue weighted by atomic mass is 35.5. The van der Waals surface area contributed by atoms with E-state index in [0.717, 1.165) is 36.8 Å². The highest BCUT2D eigenvalue weighted by Gasteiger charge is 2.28. The van der Waals surface area contributed by atoms with Crippen molar-refractivity contribution in [2.24, 2.45) is 9.98 Å². The van der Waals surface area contributed by atoms with E-state index in [1.165, 1.54) is 0 Å². The zero-order valence-corrected chi connectivity index (χ0v) is 15.8. The molecule has 2 aromatic rings. The van der Waals surface area contributed by atoms with Crippen LogP contribution in [-0.4, -0.2) is 47.0 Å². The van der Waals surface area contributed by atoms with Gasteiger partial charge in [-0.2, -0.15) is 0 Å². The molecule has 4 rings (SSSR count). The van der Waals surface area contributed by atoms with Crippen molar-refractivity contribution < 1.29 is 14.6 Å². The smallest absolute Gasteiger partial charge is 0.404 e. The van der Waals surface area contributed by atoms with E-state index >= 15 is 0 Å². The van der Waals surface area contributed by atoms with Gasteiger partial charge in [-0.1, -0.05) is 29.3 Å². The fraction of sp³-hybridized carbons (Fsp3) is 0.389. The summed E-state index contributed by atoms with van der Waals surface area (Å²) in [6.45, 7) is 0.821. The lowest BCUT2D eigenvalue weighted by Crippen LogP contribution is -2.28. The number of nitrogens with zero attached hydrogens (tertiary/aromatic N) is 2. The van der Waals surface area contributed by atoms with E-state index in [1.807, 2.05) is 6.07 Å². The van der Waals surface area contributed by atoms with Gasteiger partial charge in [-0.15, -0.1) is 0 Å². The van der Waals surface area contributed by atoms with Gasteiger partial charge in [0.25, 0.3) is 0 Å². The number of carbonyl (C=O) groups is 1. The molecule has 1 aromatic heterocycles. The standard InChI is InChI=1S/C18H18Cl2N4O3/c19-10-5-4-9-14(11(8-22-18(25)26)23-16(9)15(10)20)12-7-21-17(24-12)13-3-1-2-6-27-13/h4-5,7,13,17,22-23H,1-3,6,8H2,(H,25,26). The Bertz CT molecular complexity index is 948. The van der Waals surface area contributed by atoms with Crippen LogP contribution in [0.5, 0.6) is 0 Å². The van der Waals surface area contributed by atoms with E-state index in [9.17, 15) is 4.79 Å². The second kappa shape index (κ2) is 7.50. The summed E-state index contributed by atoms with van der Waals surface area (Å²) in [5, 5.41) is 13.0. The van der Waals surface area contributed by atoms with Crippen molar-refractivity contribution in [2.45, 2.75) is 38.1 Å². The van der Waals surface area contributed by atoms with Gasteiger partial charge in [-0.05, 0) is 25.3 Å². The van der Waals surface area contributed by atoms with Crippen LogP contribution in [0.25, 0.3) is 10.9 Å². The Hall–Kier alpha value is -2.09. The number of rotatable bonds is 4. The second-order valence-electron chi connectivity index (χ2n) is 6.53. The molecule has 1 fully saturated rings. The normalized spacial score (nSPS) is 22.2. The first-order valence-electron chi connectivity index (χ1n) is 8.73. The Morgan fingerprint density at radius 2 is 2.22 bits per heavy atom. The number of hydrogen-bond acceptors (Lipinski definition) is 4. The highest BCUT2D eigenvalue weighted by Crippen LogP contribution is 2.34. The molecule has 1 aromatic carbocycles. The minimum absolute atomic E-state index is 0.0173. The third-order valence-electron chi connectivity index (χ3n) is 4.78. The maximum absolute atomic E-state index is 11.0. The first-order chi connectivity index (χ1) is 13.0. The van der Waals surface area contributed by atoms with Gasteiger partial charge in [0.2, 0.25) is 0 Å². The van der Waals surface area contributed by atoms with Crippen molar-refractivity contribution in [3.05, 3.63) is 33.4 Å². The zero-order chi connectivity index (χ0) is 19.0. The van der Waals surface area contributed by atoms with E-state index in [-0.39, 0.29) is 18.8 Å². The van der Waals surface area contributed by atoms with Gasteiger partial charge >= 0.3 is 6.09 Å². The SMILES string of the molecule is O=C(O)NCc1[nH]c2c(Cl)c(Cl)ccc2c1C1=NC(C2CCCCO2)N=C1. The van der Waals surface area contributed by atoms with Crippen LogP contribution in [0.2, 0.25) is 10.0 Å². The minimum Gasteiger partial charge on any atom is -0.465 e.